The number of amides is 2. The van der Waals surface area contributed by atoms with Gasteiger partial charge < -0.3 is 16.0 Å². The minimum atomic E-state index is -0.580. The minimum Gasteiger partial charge on any atom is -0.349 e. The molecule has 2 unspecified atom stereocenters. The summed E-state index contributed by atoms with van der Waals surface area (Å²) in [4.78, 5) is 23.4. The molecule has 3 N–H and O–H groups in total. The summed E-state index contributed by atoms with van der Waals surface area (Å²) in [5, 5.41) is 8.99. The Morgan fingerprint density at radius 2 is 1.87 bits per heavy atom. The van der Waals surface area contributed by atoms with Crippen LogP contribution in [-0.4, -0.2) is 29.9 Å². The van der Waals surface area contributed by atoms with E-state index in [-0.39, 0.29) is 29.9 Å². The number of fused-ring (bicyclic) bond motifs is 2. The zero-order chi connectivity index (χ0) is 15.7. The molecule has 2 saturated heterocycles. The average Bonchev–Trinajstić information content (AvgIpc) is 2.79. The fraction of sp³-hybridized carbons (Fsp3) is 0.500. The van der Waals surface area contributed by atoms with Crippen molar-refractivity contribution in [3.8, 4) is 0 Å². The average molecular weight is 342 g/mol. The maximum absolute atomic E-state index is 13.9. The fourth-order valence-electron chi connectivity index (χ4n) is 3.42. The van der Waals surface area contributed by atoms with Crippen LogP contribution in [0.5, 0.6) is 0 Å². The van der Waals surface area contributed by atoms with E-state index in [0.717, 1.165) is 25.7 Å². The van der Waals surface area contributed by atoms with Crippen molar-refractivity contribution < 1.29 is 14.0 Å². The molecule has 7 heteroatoms. The molecule has 1 aromatic carbocycles. The van der Waals surface area contributed by atoms with E-state index in [1.807, 2.05) is 0 Å². The number of piperidine rings is 1. The highest BCUT2D eigenvalue weighted by Crippen LogP contribution is 2.27. The Morgan fingerprint density at radius 3 is 2.48 bits per heavy atom. The molecule has 2 aliphatic heterocycles. The summed E-state index contributed by atoms with van der Waals surface area (Å²) in [5.41, 5.74) is 0.390. The smallest absolute Gasteiger partial charge is 0.254 e. The number of rotatable bonds is 3. The molecule has 2 amide bonds. The van der Waals surface area contributed by atoms with E-state index in [0.29, 0.717) is 17.8 Å². The van der Waals surface area contributed by atoms with Gasteiger partial charge in [0.25, 0.3) is 5.91 Å². The van der Waals surface area contributed by atoms with Crippen molar-refractivity contribution in [2.24, 2.45) is 0 Å². The van der Waals surface area contributed by atoms with E-state index in [4.69, 9.17) is 0 Å². The van der Waals surface area contributed by atoms with Crippen molar-refractivity contribution >= 4 is 29.9 Å². The van der Waals surface area contributed by atoms with Gasteiger partial charge in [-0.2, -0.15) is 0 Å². The number of carbonyl (C=O) groups is 2. The lowest BCUT2D eigenvalue weighted by molar-refractivity contribution is -0.114. The minimum absolute atomic E-state index is 0. The number of anilines is 1. The highest BCUT2D eigenvalue weighted by molar-refractivity contribution is 5.97. The lowest BCUT2D eigenvalue weighted by Gasteiger charge is -2.29. The number of carbonyl (C=O) groups excluding carboxylic acids is 2. The Kier molecular flexibility index (Phi) is 5.59. The summed E-state index contributed by atoms with van der Waals surface area (Å²) in [6, 6.07) is 5.01. The summed E-state index contributed by atoms with van der Waals surface area (Å²) in [6.45, 7) is 1.37. The second-order valence-corrected chi connectivity index (χ2v) is 6.16. The monoisotopic (exact) mass is 341 g/mol. The van der Waals surface area contributed by atoms with Gasteiger partial charge in [0, 0.05) is 30.7 Å². The summed E-state index contributed by atoms with van der Waals surface area (Å²) < 4.78 is 13.9. The zero-order valence-electron chi connectivity index (χ0n) is 12.9. The van der Waals surface area contributed by atoms with Crippen LogP contribution in [-0.2, 0) is 4.79 Å². The highest BCUT2D eigenvalue weighted by atomic mass is 35.5. The first-order chi connectivity index (χ1) is 10.5. The molecule has 3 rings (SSSR count). The Hall–Kier alpha value is -1.66. The lowest BCUT2D eigenvalue weighted by Crippen LogP contribution is -2.48. The zero-order valence-corrected chi connectivity index (χ0v) is 13.7. The van der Waals surface area contributed by atoms with Gasteiger partial charge in [-0.25, -0.2) is 4.39 Å². The first-order valence-corrected chi connectivity index (χ1v) is 7.65. The topological polar surface area (TPSA) is 70.2 Å². The molecule has 126 valence electrons. The third kappa shape index (κ3) is 4.20. The van der Waals surface area contributed by atoms with Crippen LogP contribution in [0.1, 0.15) is 43.0 Å². The maximum Gasteiger partial charge on any atom is 0.254 e. The third-order valence-corrected chi connectivity index (χ3v) is 4.34. The highest BCUT2D eigenvalue weighted by Gasteiger charge is 2.34. The second-order valence-electron chi connectivity index (χ2n) is 6.16. The molecular weight excluding hydrogens is 321 g/mol. The summed E-state index contributed by atoms with van der Waals surface area (Å²) in [6.07, 6.45) is 4.05. The molecule has 2 aliphatic rings. The van der Waals surface area contributed by atoms with Crippen molar-refractivity contribution in [3.63, 3.8) is 0 Å². The van der Waals surface area contributed by atoms with Crippen molar-refractivity contribution in [1.82, 2.24) is 10.6 Å². The maximum atomic E-state index is 13.9. The van der Waals surface area contributed by atoms with Crippen molar-refractivity contribution in [2.45, 2.75) is 50.7 Å². The molecule has 2 fully saturated rings. The van der Waals surface area contributed by atoms with Crippen molar-refractivity contribution in [2.75, 3.05) is 5.32 Å². The molecule has 2 bridgehead atoms. The van der Waals surface area contributed by atoms with E-state index in [1.165, 1.54) is 25.1 Å². The summed E-state index contributed by atoms with van der Waals surface area (Å²) >= 11 is 0. The van der Waals surface area contributed by atoms with Gasteiger partial charge in [-0.3, -0.25) is 9.59 Å². The number of hydrogen-bond acceptors (Lipinski definition) is 3. The van der Waals surface area contributed by atoms with Gasteiger partial charge in [0.15, 0.2) is 0 Å². The van der Waals surface area contributed by atoms with Gasteiger partial charge >= 0.3 is 0 Å². The standard InChI is InChI=1S/C16H20FN3O2.ClH/c1-9(21)18-12-4-5-15(17)14(8-12)16(22)20-13-6-10-2-3-11(7-13)19-10;/h4-5,8,10-11,13,19H,2-3,6-7H2,1H3,(H,18,21)(H,20,22);1H. The van der Waals surface area contributed by atoms with Crippen LogP contribution >= 0.6 is 12.4 Å². The van der Waals surface area contributed by atoms with Gasteiger partial charge in [-0.15, -0.1) is 12.4 Å². The van der Waals surface area contributed by atoms with Crippen LogP contribution in [0.3, 0.4) is 0 Å². The second kappa shape index (κ2) is 7.27. The molecular formula is C16H21ClFN3O2. The quantitative estimate of drug-likeness (QED) is 0.789. The van der Waals surface area contributed by atoms with Crippen LogP contribution in [0.25, 0.3) is 0 Å². The lowest BCUT2D eigenvalue weighted by atomic mass is 9.99. The van der Waals surface area contributed by atoms with Crippen molar-refractivity contribution in [3.05, 3.63) is 29.6 Å². The number of nitrogens with one attached hydrogen (secondary N) is 3. The predicted octanol–water partition coefficient (Wildman–Crippen LogP) is 2.22. The molecule has 0 radical (unpaired) electrons. The van der Waals surface area contributed by atoms with Gasteiger partial charge in [0.05, 0.1) is 5.56 Å². The van der Waals surface area contributed by atoms with E-state index in [1.54, 1.807) is 0 Å². The summed E-state index contributed by atoms with van der Waals surface area (Å²) in [7, 11) is 0. The van der Waals surface area contributed by atoms with E-state index in [9.17, 15) is 14.0 Å². The van der Waals surface area contributed by atoms with Crippen LogP contribution in [0.15, 0.2) is 18.2 Å². The Labute approximate surface area is 140 Å². The molecule has 1 aromatic rings. The van der Waals surface area contributed by atoms with E-state index >= 15 is 0 Å². The predicted molar refractivity (Wildman–Crippen MR) is 88.4 cm³/mol. The molecule has 0 aromatic heterocycles. The molecule has 0 aliphatic carbocycles. The molecule has 0 saturated carbocycles. The van der Waals surface area contributed by atoms with Crippen LogP contribution in [0.2, 0.25) is 0 Å². The molecule has 2 atom stereocenters. The van der Waals surface area contributed by atoms with E-state index < -0.39 is 11.7 Å². The normalized spacial score (nSPS) is 25.4. The van der Waals surface area contributed by atoms with E-state index in [2.05, 4.69) is 16.0 Å². The Bertz CT molecular complexity index is 599. The first-order valence-electron chi connectivity index (χ1n) is 7.65. The molecule has 23 heavy (non-hydrogen) atoms. The number of hydrogen-bond donors (Lipinski definition) is 3. The van der Waals surface area contributed by atoms with Crippen LogP contribution in [0.4, 0.5) is 10.1 Å². The van der Waals surface area contributed by atoms with Gasteiger partial charge in [0.2, 0.25) is 5.91 Å². The van der Waals surface area contributed by atoms with Crippen LogP contribution < -0.4 is 16.0 Å². The Balaban J connectivity index is 0.00000192. The fourth-order valence-corrected chi connectivity index (χ4v) is 3.42. The van der Waals surface area contributed by atoms with Gasteiger partial charge in [0.1, 0.15) is 5.82 Å². The molecule has 5 nitrogen and oxygen atoms in total. The third-order valence-electron chi connectivity index (χ3n) is 4.34. The first kappa shape index (κ1) is 17.7. The number of halogens is 2. The number of benzene rings is 1. The molecule has 2 heterocycles. The largest absolute Gasteiger partial charge is 0.349 e. The van der Waals surface area contributed by atoms with Gasteiger partial charge in [-0.05, 0) is 43.9 Å². The SMILES string of the molecule is CC(=O)Nc1ccc(F)c(C(=O)NC2CC3CCC(C2)N3)c1.Cl. The molecule has 0 spiro atoms. The van der Waals surface area contributed by atoms with Gasteiger partial charge in [-0.1, -0.05) is 0 Å². The summed E-state index contributed by atoms with van der Waals surface area (Å²) in [5.74, 6) is -1.26. The van der Waals surface area contributed by atoms with Crippen LogP contribution in [0, 0.1) is 5.82 Å². The Morgan fingerprint density at radius 1 is 1.22 bits per heavy atom. The van der Waals surface area contributed by atoms with Crippen molar-refractivity contribution in [1.29, 1.82) is 0 Å².